The first-order chi connectivity index (χ1) is 16.9. The van der Waals surface area contributed by atoms with Gasteiger partial charge in [-0.3, -0.25) is 4.79 Å². The van der Waals surface area contributed by atoms with Gasteiger partial charge < -0.3 is 30.1 Å². The van der Waals surface area contributed by atoms with Gasteiger partial charge in [0, 0.05) is 12.2 Å². The molecule has 4 atom stereocenters. The minimum Gasteiger partial charge on any atom is -0.389 e. The van der Waals surface area contributed by atoms with Crippen molar-refractivity contribution in [3.8, 4) is 0 Å². The number of hydrogen-bond donors (Lipinski definition) is 3. The van der Waals surface area contributed by atoms with Crippen LogP contribution in [0.3, 0.4) is 0 Å². The molecule has 0 saturated carbocycles. The van der Waals surface area contributed by atoms with Crippen molar-refractivity contribution in [1.29, 1.82) is 0 Å². The first kappa shape index (κ1) is 25.7. The molecule has 188 valence electrons. The largest absolute Gasteiger partial charge is 0.389 e. The zero-order valence-electron chi connectivity index (χ0n) is 19.2. The highest BCUT2D eigenvalue weighted by molar-refractivity contribution is 6.42. The zero-order chi connectivity index (χ0) is 24.8. The molecule has 35 heavy (non-hydrogen) atoms. The molecule has 2 aromatic rings. The summed E-state index contributed by atoms with van der Waals surface area (Å²) in [6.07, 6.45) is -0.0629. The second kappa shape index (κ2) is 12.1. The summed E-state index contributed by atoms with van der Waals surface area (Å²) >= 11 is 12.0. The maximum atomic E-state index is 13.2. The van der Waals surface area contributed by atoms with Crippen LogP contribution in [0.4, 0.5) is 10.5 Å². The molecule has 2 aromatic carbocycles. The molecule has 3 N–H and O–H groups in total. The molecule has 2 fully saturated rings. The van der Waals surface area contributed by atoms with Gasteiger partial charge in [0.25, 0.3) is 0 Å². The summed E-state index contributed by atoms with van der Waals surface area (Å²) in [6.45, 7) is 0.869. The number of nitrogens with one attached hydrogen (secondary N) is 2. The average molecular weight is 522 g/mol. The Labute approximate surface area is 214 Å². The van der Waals surface area contributed by atoms with Crippen molar-refractivity contribution < 1.29 is 24.2 Å². The second-order valence-corrected chi connectivity index (χ2v) is 9.62. The van der Waals surface area contributed by atoms with Gasteiger partial charge in [0.1, 0.15) is 6.10 Å². The van der Waals surface area contributed by atoms with Gasteiger partial charge in [-0.2, -0.15) is 0 Å². The normalized spacial score (nSPS) is 24.6. The predicted octanol–water partition coefficient (Wildman–Crippen LogP) is 3.84. The predicted molar refractivity (Wildman–Crippen MR) is 134 cm³/mol. The molecule has 2 aliphatic rings. The lowest BCUT2D eigenvalue weighted by Crippen LogP contribution is -2.58. The van der Waals surface area contributed by atoms with E-state index in [-0.39, 0.29) is 50.3 Å². The van der Waals surface area contributed by atoms with Gasteiger partial charge in [0.15, 0.2) is 0 Å². The number of benzene rings is 2. The topological polar surface area (TPSA) is 100 Å². The van der Waals surface area contributed by atoms with Crippen LogP contribution in [0.25, 0.3) is 0 Å². The SMILES string of the molecule is O=C(C[C@@H]1CC[C@@H]2[C@H](COC[C@@H](O)CN2C(=O)Nc2ccc(Cl)c(Cl)c2)O1)NCc1ccccc1. The number of rotatable bonds is 5. The first-order valence-electron chi connectivity index (χ1n) is 11.6. The molecule has 4 rings (SSSR count). The highest BCUT2D eigenvalue weighted by atomic mass is 35.5. The van der Waals surface area contributed by atoms with Crippen molar-refractivity contribution in [3.63, 3.8) is 0 Å². The minimum absolute atomic E-state index is 0.0887. The van der Waals surface area contributed by atoms with Crippen molar-refractivity contribution in [2.75, 3.05) is 25.1 Å². The summed E-state index contributed by atoms with van der Waals surface area (Å²) in [7, 11) is 0. The van der Waals surface area contributed by atoms with Crippen molar-refractivity contribution in [3.05, 3.63) is 64.1 Å². The minimum atomic E-state index is -0.822. The summed E-state index contributed by atoms with van der Waals surface area (Å²) in [5.74, 6) is -0.0892. The number of anilines is 1. The monoisotopic (exact) mass is 521 g/mol. The molecule has 0 radical (unpaired) electrons. The lowest BCUT2D eigenvalue weighted by Gasteiger charge is -2.44. The molecule has 2 aliphatic heterocycles. The summed E-state index contributed by atoms with van der Waals surface area (Å²) in [6, 6.07) is 13.9. The number of halogens is 2. The number of nitrogens with zero attached hydrogens (tertiary/aromatic N) is 1. The van der Waals surface area contributed by atoms with Crippen LogP contribution in [0.1, 0.15) is 24.8 Å². The quantitative estimate of drug-likeness (QED) is 0.554. The molecule has 2 heterocycles. The maximum Gasteiger partial charge on any atom is 0.322 e. The Morgan fingerprint density at radius 1 is 1.06 bits per heavy atom. The third kappa shape index (κ3) is 7.08. The number of hydrogen-bond acceptors (Lipinski definition) is 5. The Kier molecular flexibility index (Phi) is 8.86. The summed E-state index contributed by atoms with van der Waals surface area (Å²) < 4.78 is 11.8. The number of carbonyl (C=O) groups excluding carboxylic acids is 2. The summed E-state index contributed by atoms with van der Waals surface area (Å²) in [5, 5.41) is 16.8. The van der Waals surface area contributed by atoms with E-state index in [2.05, 4.69) is 10.6 Å². The maximum absolute atomic E-state index is 13.2. The Bertz CT molecular complexity index is 1030. The van der Waals surface area contributed by atoms with E-state index in [1.807, 2.05) is 30.3 Å². The van der Waals surface area contributed by atoms with Crippen LogP contribution < -0.4 is 10.6 Å². The smallest absolute Gasteiger partial charge is 0.322 e. The molecule has 3 amide bonds. The van der Waals surface area contributed by atoms with E-state index in [1.54, 1.807) is 23.1 Å². The van der Waals surface area contributed by atoms with Gasteiger partial charge in [0.2, 0.25) is 5.91 Å². The van der Waals surface area contributed by atoms with Gasteiger partial charge >= 0.3 is 6.03 Å². The Balaban J connectivity index is 1.37. The molecule has 0 unspecified atom stereocenters. The lowest BCUT2D eigenvalue weighted by molar-refractivity contribution is -0.149. The zero-order valence-corrected chi connectivity index (χ0v) is 20.7. The van der Waals surface area contributed by atoms with Gasteiger partial charge in [-0.1, -0.05) is 53.5 Å². The number of urea groups is 1. The first-order valence-corrected chi connectivity index (χ1v) is 12.4. The van der Waals surface area contributed by atoms with Crippen LogP contribution in [0.5, 0.6) is 0 Å². The average Bonchev–Trinajstić information content (AvgIpc) is 2.83. The van der Waals surface area contributed by atoms with Crippen LogP contribution in [-0.4, -0.2) is 66.1 Å². The van der Waals surface area contributed by atoms with Crippen LogP contribution >= 0.6 is 23.2 Å². The molecule has 0 aliphatic carbocycles. The number of aliphatic hydroxyl groups is 1. The molecule has 0 bridgehead atoms. The van der Waals surface area contributed by atoms with Crippen molar-refractivity contribution >= 4 is 40.8 Å². The fourth-order valence-corrected chi connectivity index (χ4v) is 4.72. The fraction of sp³-hybridized carbons (Fsp3) is 0.440. The van der Waals surface area contributed by atoms with Crippen molar-refractivity contribution in [1.82, 2.24) is 10.2 Å². The number of ether oxygens (including phenoxy) is 2. The second-order valence-electron chi connectivity index (χ2n) is 8.81. The third-order valence-corrected chi connectivity index (χ3v) is 6.90. The van der Waals surface area contributed by atoms with Crippen LogP contribution in [-0.2, 0) is 20.8 Å². The molecule has 10 heteroatoms. The van der Waals surface area contributed by atoms with Gasteiger partial charge in [0.05, 0.1) is 54.5 Å². The summed E-state index contributed by atoms with van der Waals surface area (Å²) in [5.41, 5.74) is 1.53. The van der Waals surface area contributed by atoms with E-state index in [0.717, 1.165) is 5.56 Å². The fourth-order valence-electron chi connectivity index (χ4n) is 4.42. The molecule has 2 saturated heterocycles. The number of aliphatic hydroxyl groups excluding tert-OH is 1. The van der Waals surface area contributed by atoms with Crippen LogP contribution in [0.2, 0.25) is 10.0 Å². The molecule has 0 spiro atoms. The van der Waals surface area contributed by atoms with Crippen molar-refractivity contribution in [2.24, 2.45) is 0 Å². The number of amides is 3. The van der Waals surface area contributed by atoms with E-state index in [1.165, 1.54) is 0 Å². The molecular formula is C25H29Cl2N3O5. The Morgan fingerprint density at radius 3 is 2.63 bits per heavy atom. The van der Waals surface area contributed by atoms with Gasteiger partial charge in [-0.25, -0.2) is 4.79 Å². The highest BCUT2D eigenvalue weighted by Crippen LogP contribution is 2.29. The standard InChI is InChI=1S/C25H29Cl2N3O5/c26-20-8-6-17(10-21(20)27)29-25(33)30-13-18(31)14-34-15-23-22(30)9-7-19(35-23)11-24(32)28-12-16-4-2-1-3-5-16/h1-6,8,10,18-19,22-23,31H,7,9,11-15H2,(H,28,32)(H,29,33)/t18-,19-,22+,23-/m0/s1. The van der Waals surface area contributed by atoms with E-state index in [9.17, 15) is 14.7 Å². The Morgan fingerprint density at radius 2 is 1.86 bits per heavy atom. The van der Waals surface area contributed by atoms with Crippen LogP contribution in [0.15, 0.2) is 48.5 Å². The lowest BCUT2D eigenvalue weighted by atomic mass is 9.95. The molecule has 0 aromatic heterocycles. The molecular weight excluding hydrogens is 493 g/mol. The van der Waals surface area contributed by atoms with Gasteiger partial charge in [-0.15, -0.1) is 0 Å². The van der Waals surface area contributed by atoms with Crippen LogP contribution in [0, 0.1) is 0 Å². The van der Waals surface area contributed by atoms with Gasteiger partial charge in [-0.05, 0) is 36.6 Å². The van der Waals surface area contributed by atoms with E-state index in [0.29, 0.717) is 35.1 Å². The highest BCUT2D eigenvalue weighted by Gasteiger charge is 2.40. The Hall–Kier alpha value is -2.36. The van der Waals surface area contributed by atoms with Crippen molar-refractivity contribution in [2.45, 2.75) is 50.2 Å². The molecule has 8 nitrogen and oxygen atoms in total. The van der Waals surface area contributed by atoms with E-state index >= 15 is 0 Å². The number of carbonyl (C=O) groups is 2. The van der Waals surface area contributed by atoms with E-state index in [4.69, 9.17) is 32.7 Å². The number of fused-ring (bicyclic) bond motifs is 1. The third-order valence-electron chi connectivity index (χ3n) is 6.16. The summed E-state index contributed by atoms with van der Waals surface area (Å²) in [4.78, 5) is 27.3. The number of β-amino-alcohol motifs (C(OH)–C–C–N with tert-alkyl or cyclic N) is 1. The van der Waals surface area contributed by atoms with E-state index < -0.39 is 12.2 Å².